The molecule has 3 heteroatoms. The van der Waals surface area contributed by atoms with Gasteiger partial charge in [0.05, 0.1) is 0 Å². The van der Waals surface area contributed by atoms with Crippen molar-refractivity contribution in [3.8, 4) is 0 Å². The number of aryl methyl sites for hydroxylation is 1. The SMILES string of the molecule is Cc1ccccc1C1=NCC(=O)O1. The molecule has 13 heavy (non-hydrogen) atoms. The molecular formula is C10H9NO2. The number of esters is 1. The van der Waals surface area contributed by atoms with E-state index in [0.29, 0.717) is 5.90 Å². The number of nitrogens with zero attached hydrogens (tertiary/aromatic N) is 1. The Morgan fingerprint density at radius 1 is 1.38 bits per heavy atom. The van der Waals surface area contributed by atoms with E-state index in [0.717, 1.165) is 11.1 Å². The first kappa shape index (κ1) is 7.98. The van der Waals surface area contributed by atoms with Crippen molar-refractivity contribution in [3.05, 3.63) is 35.4 Å². The van der Waals surface area contributed by atoms with Gasteiger partial charge in [0.25, 0.3) is 0 Å². The van der Waals surface area contributed by atoms with Crippen LogP contribution in [0.4, 0.5) is 0 Å². The third-order valence-electron chi connectivity index (χ3n) is 1.94. The maximum absolute atomic E-state index is 10.8. The topological polar surface area (TPSA) is 38.7 Å². The van der Waals surface area contributed by atoms with E-state index >= 15 is 0 Å². The summed E-state index contributed by atoms with van der Waals surface area (Å²) in [7, 11) is 0. The number of carbonyl (C=O) groups is 1. The lowest BCUT2D eigenvalue weighted by molar-refractivity contribution is -0.132. The molecule has 0 unspecified atom stereocenters. The molecule has 0 bridgehead atoms. The van der Waals surface area contributed by atoms with Crippen LogP contribution >= 0.6 is 0 Å². The molecule has 2 rings (SSSR count). The van der Waals surface area contributed by atoms with E-state index in [1.54, 1.807) is 0 Å². The average Bonchev–Trinajstić information content (AvgIpc) is 2.53. The highest BCUT2D eigenvalue weighted by atomic mass is 16.6. The first-order valence-corrected chi connectivity index (χ1v) is 4.08. The van der Waals surface area contributed by atoms with Crippen molar-refractivity contribution in [2.24, 2.45) is 4.99 Å². The predicted molar refractivity (Wildman–Crippen MR) is 48.7 cm³/mol. The zero-order valence-corrected chi connectivity index (χ0v) is 7.28. The summed E-state index contributed by atoms with van der Waals surface area (Å²) in [6, 6.07) is 7.70. The highest BCUT2D eigenvalue weighted by Crippen LogP contribution is 2.12. The number of cyclic esters (lactones) is 1. The molecule has 1 aliphatic rings. The standard InChI is InChI=1S/C10H9NO2/c1-7-4-2-3-5-8(7)10-11-6-9(12)13-10/h2-5H,6H2,1H3. The normalized spacial score (nSPS) is 15.5. The van der Waals surface area contributed by atoms with E-state index < -0.39 is 0 Å². The van der Waals surface area contributed by atoms with Crippen LogP contribution in [0, 0.1) is 6.92 Å². The van der Waals surface area contributed by atoms with Crippen LogP contribution in [-0.2, 0) is 9.53 Å². The lowest BCUT2D eigenvalue weighted by atomic mass is 10.1. The second-order valence-corrected chi connectivity index (χ2v) is 2.91. The first-order chi connectivity index (χ1) is 6.27. The van der Waals surface area contributed by atoms with Crippen LogP contribution in [0.5, 0.6) is 0 Å². The minimum Gasteiger partial charge on any atom is -0.406 e. The van der Waals surface area contributed by atoms with E-state index in [1.807, 2.05) is 31.2 Å². The molecule has 0 spiro atoms. The lowest BCUT2D eigenvalue weighted by Gasteiger charge is -2.02. The van der Waals surface area contributed by atoms with Gasteiger partial charge in [-0.1, -0.05) is 18.2 Å². The summed E-state index contributed by atoms with van der Waals surface area (Å²) >= 11 is 0. The Hall–Kier alpha value is -1.64. The fraction of sp³-hybridized carbons (Fsp3) is 0.200. The summed E-state index contributed by atoms with van der Waals surface area (Å²) in [4.78, 5) is 14.8. The van der Waals surface area contributed by atoms with Crippen LogP contribution in [0.1, 0.15) is 11.1 Å². The Kier molecular flexibility index (Phi) is 1.85. The molecule has 66 valence electrons. The summed E-state index contributed by atoms with van der Waals surface area (Å²) in [5.74, 6) is 0.168. The van der Waals surface area contributed by atoms with Gasteiger partial charge in [-0.05, 0) is 18.6 Å². The largest absolute Gasteiger partial charge is 0.406 e. The number of aliphatic imine (C=N–C) groups is 1. The van der Waals surface area contributed by atoms with Crippen LogP contribution in [0.3, 0.4) is 0 Å². The van der Waals surface area contributed by atoms with Crippen molar-refractivity contribution < 1.29 is 9.53 Å². The van der Waals surface area contributed by atoms with Gasteiger partial charge in [0.15, 0.2) is 0 Å². The predicted octanol–water partition coefficient (Wildman–Crippen LogP) is 1.30. The van der Waals surface area contributed by atoms with Gasteiger partial charge in [0.1, 0.15) is 6.54 Å². The molecule has 1 aliphatic heterocycles. The van der Waals surface area contributed by atoms with E-state index in [4.69, 9.17) is 4.74 Å². The summed E-state index contributed by atoms with van der Waals surface area (Å²) in [5, 5.41) is 0. The van der Waals surface area contributed by atoms with Gasteiger partial charge in [-0.3, -0.25) is 0 Å². The highest BCUT2D eigenvalue weighted by Gasteiger charge is 2.18. The molecule has 0 N–H and O–H groups in total. The summed E-state index contributed by atoms with van der Waals surface area (Å²) < 4.78 is 4.94. The molecule has 1 aromatic carbocycles. The molecule has 3 nitrogen and oxygen atoms in total. The molecule has 0 amide bonds. The fourth-order valence-corrected chi connectivity index (χ4v) is 1.26. The molecule has 0 saturated heterocycles. The number of carbonyl (C=O) groups excluding carboxylic acids is 1. The molecule has 0 radical (unpaired) electrons. The maximum Gasteiger partial charge on any atom is 0.334 e. The van der Waals surface area contributed by atoms with Crippen molar-refractivity contribution in [1.82, 2.24) is 0 Å². The van der Waals surface area contributed by atoms with Gasteiger partial charge in [-0.15, -0.1) is 0 Å². The zero-order chi connectivity index (χ0) is 9.26. The molecule has 1 heterocycles. The number of benzene rings is 1. The first-order valence-electron chi connectivity index (χ1n) is 4.08. The molecule has 0 fully saturated rings. The van der Waals surface area contributed by atoms with Crippen molar-refractivity contribution >= 4 is 11.9 Å². The Morgan fingerprint density at radius 3 is 2.77 bits per heavy atom. The van der Waals surface area contributed by atoms with Crippen molar-refractivity contribution in [2.75, 3.05) is 6.54 Å². The number of ether oxygens (including phenoxy) is 1. The van der Waals surface area contributed by atoms with E-state index in [1.165, 1.54) is 0 Å². The minimum atomic E-state index is -0.279. The van der Waals surface area contributed by atoms with Gasteiger partial charge in [-0.25, -0.2) is 9.79 Å². The van der Waals surface area contributed by atoms with Crippen LogP contribution in [-0.4, -0.2) is 18.4 Å². The second-order valence-electron chi connectivity index (χ2n) is 2.91. The summed E-state index contributed by atoms with van der Waals surface area (Å²) in [5.41, 5.74) is 1.96. The van der Waals surface area contributed by atoms with Gasteiger partial charge in [0, 0.05) is 5.56 Å². The number of rotatable bonds is 1. The number of hydrogen-bond donors (Lipinski definition) is 0. The monoisotopic (exact) mass is 175 g/mol. The van der Waals surface area contributed by atoms with E-state index in [9.17, 15) is 4.79 Å². The Labute approximate surface area is 76.1 Å². The highest BCUT2D eigenvalue weighted by molar-refractivity contribution is 6.05. The molecule has 0 aliphatic carbocycles. The lowest BCUT2D eigenvalue weighted by Crippen LogP contribution is -2.06. The van der Waals surface area contributed by atoms with Gasteiger partial charge < -0.3 is 4.74 Å². The third-order valence-corrected chi connectivity index (χ3v) is 1.94. The van der Waals surface area contributed by atoms with Crippen LogP contribution < -0.4 is 0 Å². The smallest absolute Gasteiger partial charge is 0.334 e. The Balaban J connectivity index is 2.37. The van der Waals surface area contributed by atoms with Crippen molar-refractivity contribution in [2.45, 2.75) is 6.92 Å². The molecule has 0 atom stereocenters. The molecule has 1 aromatic rings. The van der Waals surface area contributed by atoms with Gasteiger partial charge in [0.2, 0.25) is 5.90 Å². The second kappa shape index (κ2) is 3.01. The molecule has 0 aromatic heterocycles. The number of hydrogen-bond acceptors (Lipinski definition) is 3. The molecular weight excluding hydrogens is 166 g/mol. The summed E-state index contributed by atoms with van der Waals surface area (Å²) in [6.07, 6.45) is 0. The van der Waals surface area contributed by atoms with Crippen molar-refractivity contribution in [3.63, 3.8) is 0 Å². The summed E-state index contributed by atoms with van der Waals surface area (Å²) in [6.45, 7) is 2.10. The minimum absolute atomic E-state index is 0.143. The van der Waals surface area contributed by atoms with E-state index in [2.05, 4.69) is 4.99 Å². The third kappa shape index (κ3) is 1.45. The maximum atomic E-state index is 10.8. The van der Waals surface area contributed by atoms with E-state index in [-0.39, 0.29) is 12.5 Å². The van der Waals surface area contributed by atoms with Gasteiger partial charge >= 0.3 is 5.97 Å². The van der Waals surface area contributed by atoms with Crippen LogP contribution in [0.15, 0.2) is 29.3 Å². The zero-order valence-electron chi connectivity index (χ0n) is 7.28. The van der Waals surface area contributed by atoms with Crippen LogP contribution in [0.2, 0.25) is 0 Å². The fourth-order valence-electron chi connectivity index (χ4n) is 1.26. The Bertz CT molecular complexity index is 382. The van der Waals surface area contributed by atoms with Gasteiger partial charge in [-0.2, -0.15) is 0 Å². The quantitative estimate of drug-likeness (QED) is 0.603. The average molecular weight is 175 g/mol. The van der Waals surface area contributed by atoms with Crippen LogP contribution in [0.25, 0.3) is 0 Å². The Morgan fingerprint density at radius 2 is 2.15 bits per heavy atom. The molecule has 0 saturated carbocycles. The van der Waals surface area contributed by atoms with Crippen molar-refractivity contribution in [1.29, 1.82) is 0 Å².